The van der Waals surface area contributed by atoms with Crippen molar-refractivity contribution in [2.45, 2.75) is 33.1 Å². The lowest BCUT2D eigenvalue weighted by Crippen LogP contribution is -2.16. The number of aromatic carboxylic acids is 1. The number of benzene rings is 1. The van der Waals surface area contributed by atoms with Gasteiger partial charge in [-0.05, 0) is 19.1 Å². The first kappa shape index (κ1) is 13.3. The largest absolute Gasteiger partial charge is 0.475 e. The molecule has 1 aromatic heterocycles. The van der Waals surface area contributed by atoms with Crippen LogP contribution in [-0.2, 0) is 5.41 Å². The van der Waals surface area contributed by atoms with Crippen molar-refractivity contribution in [2.24, 2.45) is 0 Å². The minimum absolute atomic E-state index is 0.0796. The summed E-state index contributed by atoms with van der Waals surface area (Å²) in [5, 5.41) is 9.21. The number of aryl methyl sites for hydroxylation is 1. The van der Waals surface area contributed by atoms with E-state index in [9.17, 15) is 9.90 Å². The predicted molar refractivity (Wildman–Crippen MR) is 72.3 cm³/mol. The van der Waals surface area contributed by atoms with Crippen molar-refractivity contribution in [2.75, 3.05) is 0 Å². The molecule has 0 bridgehead atoms. The van der Waals surface area contributed by atoms with Crippen LogP contribution in [0.3, 0.4) is 0 Å². The molecule has 0 fully saturated rings. The average molecular weight is 259 g/mol. The van der Waals surface area contributed by atoms with E-state index in [1.807, 2.05) is 52.0 Å². The zero-order valence-electron chi connectivity index (χ0n) is 11.5. The number of rotatable bonds is 2. The van der Waals surface area contributed by atoms with Gasteiger partial charge in [-0.3, -0.25) is 0 Å². The van der Waals surface area contributed by atoms with Gasteiger partial charge in [0.25, 0.3) is 0 Å². The number of carbonyl (C=O) groups is 1. The van der Waals surface area contributed by atoms with E-state index in [0.717, 1.165) is 11.1 Å². The molecule has 0 saturated heterocycles. The fourth-order valence-electron chi connectivity index (χ4n) is 1.87. The molecular formula is C15H17NO3. The standard InChI is InChI=1S/C15H17NO3/c1-9-6-5-7-10(8-9)13-16-12(15(2,3)4)11(19-13)14(17)18/h5-8H,1-4H3,(H,17,18). The van der Waals surface area contributed by atoms with Crippen molar-refractivity contribution in [3.63, 3.8) is 0 Å². The highest BCUT2D eigenvalue weighted by atomic mass is 16.4. The summed E-state index contributed by atoms with van der Waals surface area (Å²) >= 11 is 0. The molecular weight excluding hydrogens is 242 g/mol. The zero-order valence-corrected chi connectivity index (χ0v) is 11.5. The van der Waals surface area contributed by atoms with Gasteiger partial charge in [0, 0.05) is 11.0 Å². The molecule has 19 heavy (non-hydrogen) atoms. The molecule has 1 N–H and O–H groups in total. The summed E-state index contributed by atoms with van der Waals surface area (Å²) in [4.78, 5) is 15.6. The van der Waals surface area contributed by atoms with E-state index in [1.165, 1.54) is 0 Å². The van der Waals surface area contributed by atoms with Crippen LogP contribution in [0.4, 0.5) is 0 Å². The maximum atomic E-state index is 11.2. The molecule has 4 heteroatoms. The number of hydrogen-bond donors (Lipinski definition) is 1. The summed E-state index contributed by atoms with van der Waals surface area (Å²) in [5.41, 5.74) is 1.96. The lowest BCUT2D eigenvalue weighted by molar-refractivity contribution is 0.0659. The molecule has 1 heterocycles. The van der Waals surface area contributed by atoms with Crippen molar-refractivity contribution in [1.29, 1.82) is 0 Å². The van der Waals surface area contributed by atoms with Crippen LogP contribution in [0, 0.1) is 6.92 Å². The number of carboxylic acids is 1. The fourth-order valence-corrected chi connectivity index (χ4v) is 1.87. The highest BCUT2D eigenvalue weighted by Crippen LogP contribution is 2.30. The van der Waals surface area contributed by atoms with E-state index in [2.05, 4.69) is 4.98 Å². The minimum Gasteiger partial charge on any atom is -0.475 e. The van der Waals surface area contributed by atoms with Crippen molar-refractivity contribution in [3.05, 3.63) is 41.3 Å². The molecule has 1 aromatic carbocycles. The molecule has 0 saturated carbocycles. The van der Waals surface area contributed by atoms with Crippen LogP contribution in [0.2, 0.25) is 0 Å². The van der Waals surface area contributed by atoms with Crippen LogP contribution in [0.5, 0.6) is 0 Å². The molecule has 100 valence electrons. The maximum Gasteiger partial charge on any atom is 0.373 e. The van der Waals surface area contributed by atoms with Gasteiger partial charge >= 0.3 is 5.97 Å². The van der Waals surface area contributed by atoms with Gasteiger partial charge in [0.1, 0.15) is 5.69 Å². The Morgan fingerprint density at radius 1 is 1.32 bits per heavy atom. The SMILES string of the molecule is Cc1cccc(-c2nc(C(C)(C)C)c(C(=O)O)o2)c1. The van der Waals surface area contributed by atoms with Crippen LogP contribution in [0.15, 0.2) is 28.7 Å². The summed E-state index contributed by atoms with van der Waals surface area (Å²) in [5.74, 6) is -0.814. The molecule has 0 unspecified atom stereocenters. The van der Waals surface area contributed by atoms with E-state index in [-0.39, 0.29) is 11.2 Å². The Bertz CT molecular complexity index is 621. The van der Waals surface area contributed by atoms with Crippen LogP contribution in [0.25, 0.3) is 11.5 Å². The Labute approximate surface area is 112 Å². The Morgan fingerprint density at radius 2 is 2.00 bits per heavy atom. The van der Waals surface area contributed by atoms with E-state index in [0.29, 0.717) is 11.6 Å². The summed E-state index contributed by atoms with van der Waals surface area (Å²) in [6.07, 6.45) is 0. The number of carboxylic acid groups (broad SMARTS) is 1. The molecule has 0 aliphatic rings. The Morgan fingerprint density at radius 3 is 2.47 bits per heavy atom. The van der Waals surface area contributed by atoms with E-state index >= 15 is 0 Å². The lowest BCUT2D eigenvalue weighted by Gasteiger charge is -2.14. The molecule has 0 aliphatic carbocycles. The molecule has 0 atom stereocenters. The first-order chi connectivity index (χ1) is 8.79. The quantitative estimate of drug-likeness (QED) is 0.894. The Hall–Kier alpha value is -2.10. The average Bonchev–Trinajstić information content (AvgIpc) is 2.73. The molecule has 2 aromatic rings. The molecule has 0 amide bonds. The van der Waals surface area contributed by atoms with Crippen molar-refractivity contribution >= 4 is 5.97 Å². The van der Waals surface area contributed by atoms with Gasteiger partial charge in [0.2, 0.25) is 11.7 Å². The van der Waals surface area contributed by atoms with Crippen LogP contribution >= 0.6 is 0 Å². The monoisotopic (exact) mass is 259 g/mol. The van der Waals surface area contributed by atoms with E-state index in [1.54, 1.807) is 0 Å². The van der Waals surface area contributed by atoms with Crippen molar-refractivity contribution in [1.82, 2.24) is 4.98 Å². The first-order valence-corrected chi connectivity index (χ1v) is 6.10. The summed E-state index contributed by atoms with van der Waals surface area (Å²) < 4.78 is 5.43. The summed E-state index contributed by atoms with van der Waals surface area (Å²) in [6.45, 7) is 7.71. The number of oxazole rings is 1. The topological polar surface area (TPSA) is 63.3 Å². The van der Waals surface area contributed by atoms with Gasteiger partial charge in [-0.15, -0.1) is 0 Å². The van der Waals surface area contributed by atoms with Gasteiger partial charge in [-0.25, -0.2) is 9.78 Å². The highest BCUT2D eigenvalue weighted by molar-refractivity contribution is 5.86. The third-order valence-corrected chi connectivity index (χ3v) is 2.80. The summed E-state index contributed by atoms with van der Waals surface area (Å²) in [7, 11) is 0. The number of nitrogens with zero attached hydrogens (tertiary/aromatic N) is 1. The Kier molecular flexibility index (Phi) is 3.18. The van der Waals surface area contributed by atoms with Gasteiger partial charge < -0.3 is 9.52 Å². The predicted octanol–water partition coefficient (Wildman–Crippen LogP) is 3.65. The molecule has 4 nitrogen and oxygen atoms in total. The van der Waals surface area contributed by atoms with Gasteiger partial charge in [0.15, 0.2) is 0 Å². The third-order valence-electron chi connectivity index (χ3n) is 2.80. The molecule has 0 spiro atoms. The number of hydrogen-bond acceptors (Lipinski definition) is 3. The van der Waals surface area contributed by atoms with E-state index < -0.39 is 5.97 Å². The van der Waals surface area contributed by atoms with Crippen LogP contribution < -0.4 is 0 Å². The lowest BCUT2D eigenvalue weighted by atomic mass is 9.91. The third kappa shape index (κ3) is 2.67. The molecule has 0 radical (unpaired) electrons. The molecule has 0 aliphatic heterocycles. The van der Waals surface area contributed by atoms with Gasteiger partial charge in [0.05, 0.1) is 0 Å². The van der Waals surface area contributed by atoms with Gasteiger partial charge in [-0.1, -0.05) is 38.5 Å². The normalized spacial score (nSPS) is 11.6. The number of aromatic nitrogens is 1. The van der Waals surface area contributed by atoms with Crippen LogP contribution in [-0.4, -0.2) is 16.1 Å². The second kappa shape index (κ2) is 4.53. The van der Waals surface area contributed by atoms with Crippen molar-refractivity contribution < 1.29 is 14.3 Å². The van der Waals surface area contributed by atoms with Gasteiger partial charge in [-0.2, -0.15) is 0 Å². The zero-order chi connectivity index (χ0) is 14.2. The van der Waals surface area contributed by atoms with Crippen LogP contribution in [0.1, 0.15) is 42.6 Å². The fraction of sp³-hybridized carbons (Fsp3) is 0.333. The first-order valence-electron chi connectivity index (χ1n) is 6.10. The van der Waals surface area contributed by atoms with Crippen molar-refractivity contribution in [3.8, 4) is 11.5 Å². The molecule has 2 rings (SSSR count). The Balaban J connectivity index is 2.58. The van der Waals surface area contributed by atoms with E-state index in [4.69, 9.17) is 4.42 Å². The second-order valence-electron chi connectivity index (χ2n) is 5.62. The second-order valence-corrected chi connectivity index (χ2v) is 5.62. The highest BCUT2D eigenvalue weighted by Gasteiger charge is 2.29. The maximum absolute atomic E-state index is 11.2. The summed E-state index contributed by atoms with van der Waals surface area (Å²) in [6, 6.07) is 7.64. The smallest absolute Gasteiger partial charge is 0.373 e. The minimum atomic E-state index is -1.09.